The molecule has 0 bridgehead atoms. The van der Waals surface area contributed by atoms with Crippen molar-refractivity contribution in [3.8, 4) is 17.6 Å². The van der Waals surface area contributed by atoms with Crippen LogP contribution in [0.15, 0.2) is 48.8 Å². The highest BCUT2D eigenvalue weighted by atomic mass is 16.5. The Morgan fingerprint density at radius 1 is 1.12 bits per heavy atom. The first kappa shape index (κ1) is 16.4. The zero-order chi connectivity index (χ0) is 17.8. The molecule has 0 radical (unpaired) electrons. The van der Waals surface area contributed by atoms with Crippen LogP contribution < -0.4 is 9.47 Å². The van der Waals surface area contributed by atoms with Gasteiger partial charge in [0, 0.05) is 18.0 Å². The van der Waals surface area contributed by atoms with Crippen molar-refractivity contribution in [2.45, 2.75) is 6.61 Å². The maximum atomic E-state index is 12.5. The van der Waals surface area contributed by atoms with Gasteiger partial charge in [0.25, 0.3) is 0 Å². The molecule has 0 unspecified atom stereocenters. The van der Waals surface area contributed by atoms with Gasteiger partial charge in [0.2, 0.25) is 0 Å². The third-order valence-corrected chi connectivity index (χ3v) is 3.86. The molecule has 0 atom stereocenters. The van der Waals surface area contributed by atoms with Crippen LogP contribution in [-0.2, 0) is 11.3 Å². The number of esters is 1. The highest BCUT2D eigenvalue weighted by Gasteiger charge is 2.20. The minimum Gasteiger partial charge on any atom is -0.496 e. The van der Waals surface area contributed by atoms with Gasteiger partial charge in [0.15, 0.2) is 0 Å². The van der Waals surface area contributed by atoms with Gasteiger partial charge in [-0.15, -0.1) is 0 Å². The van der Waals surface area contributed by atoms with Gasteiger partial charge < -0.3 is 18.6 Å². The molecular weight excluding hydrogens is 320 g/mol. The number of pyridine rings is 1. The van der Waals surface area contributed by atoms with Gasteiger partial charge in [0.05, 0.1) is 25.3 Å². The first-order valence-electron chi connectivity index (χ1n) is 7.56. The maximum absolute atomic E-state index is 12.5. The lowest BCUT2D eigenvalue weighted by Crippen LogP contribution is -2.09. The second kappa shape index (κ2) is 6.97. The Kier molecular flexibility index (Phi) is 4.57. The van der Waals surface area contributed by atoms with E-state index in [2.05, 4.69) is 6.07 Å². The number of nitriles is 1. The van der Waals surface area contributed by atoms with E-state index in [1.807, 2.05) is 28.8 Å². The Bertz CT molecular complexity index is 947. The summed E-state index contributed by atoms with van der Waals surface area (Å²) in [6.07, 6.45) is 3.62. The summed E-state index contributed by atoms with van der Waals surface area (Å²) >= 11 is 0. The van der Waals surface area contributed by atoms with Crippen molar-refractivity contribution < 1.29 is 19.0 Å². The first-order chi connectivity index (χ1) is 12.2. The van der Waals surface area contributed by atoms with Crippen LogP contribution in [-0.4, -0.2) is 24.6 Å². The molecule has 126 valence electrons. The predicted octanol–water partition coefficient (Wildman–Crippen LogP) is 3.19. The van der Waals surface area contributed by atoms with Crippen LogP contribution in [0.3, 0.4) is 0 Å². The molecule has 0 N–H and O–H groups in total. The Labute approximate surface area is 144 Å². The largest absolute Gasteiger partial charge is 0.496 e. The summed E-state index contributed by atoms with van der Waals surface area (Å²) in [5.41, 5.74) is 2.11. The van der Waals surface area contributed by atoms with Crippen molar-refractivity contribution in [1.82, 2.24) is 4.40 Å². The van der Waals surface area contributed by atoms with E-state index in [-0.39, 0.29) is 12.2 Å². The molecular formula is C19H16N2O4. The number of aromatic nitrogens is 1. The summed E-state index contributed by atoms with van der Waals surface area (Å²) in [6.45, 7) is -0.0232. The third kappa shape index (κ3) is 3.00. The van der Waals surface area contributed by atoms with E-state index in [0.29, 0.717) is 22.6 Å². The van der Waals surface area contributed by atoms with Crippen LogP contribution in [0.1, 0.15) is 21.5 Å². The van der Waals surface area contributed by atoms with Crippen LogP contribution in [0.5, 0.6) is 11.5 Å². The summed E-state index contributed by atoms with van der Waals surface area (Å²) in [6, 6.07) is 12.8. The zero-order valence-electron chi connectivity index (χ0n) is 13.9. The molecule has 0 aliphatic carbocycles. The Morgan fingerprint density at radius 3 is 2.48 bits per heavy atom. The lowest BCUT2D eigenvalue weighted by molar-refractivity contribution is 0.0465. The first-order valence-corrected chi connectivity index (χ1v) is 7.56. The number of carbonyl (C=O) groups excluding carboxylic acids is 1. The number of ether oxygens (including phenoxy) is 3. The minimum atomic E-state index is -0.576. The molecule has 0 saturated carbocycles. The second-order valence-electron chi connectivity index (χ2n) is 5.25. The number of hydrogen-bond acceptors (Lipinski definition) is 5. The van der Waals surface area contributed by atoms with Gasteiger partial charge in [-0.05, 0) is 24.3 Å². The smallest absolute Gasteiger partial charge is 0.346 e. The molecule has 2 aromatic heterocycles. The van der Waals surface area contributed by atoms with E-state index in [1.165, 1.54) is 14.2 Å². The minimum absolute atomic E-state index is 0.0232. The molecule has 3 aromatic rings. The molecule has 0 saturated heterocycles. The molecule has 3 rings (SSSR count). The topological polar surface area (TPSA) is 73.0 Å². The number of benzene rings is 1. The van der Waals surface area contributed by atoms with Gasteiger partial charge in [-0.1, -0.05) is 12.1 Å². The Morgan fingerprint density at radius 2 is 1.84 bits per heavy atom. The van der Waals surface area contributed by atoms with E-state index in [1.54, 1.807) is 24.4 Å². The summed E-state index contributed by atoms with van der Waals surface area (Å²) in [7, 11) is 2.94. The van der Waals surface area contributed by atoms with Gasteiger partial charge in [0.1, 0.15) is 29.7 Å². The maximum Gasteiger partial charge on any atom is 0.346 e. The van der Waals surface area contributed by atoms with Gasteiger partial charge in [-0.3, -0.25) is 0 Å². The van der Waals surface area contributed by atoms with Crippen molar-refractivity contribution in [2.75, 3.05) is 14.2 Å². The molecule has 0 aliphatic rings. The molecule has 6 nitrogen and oxygen atoms in total. The average Bonchev–Trinajstić information content (AvgIpc) is 3.02. The lowest BCUT2D eigenvalue weighted by Gasteiger charge is -2.12. The number of carbonyl (C=O) groups is 1. The Hall–Kier alpha value is -3.46. The van der Waals surface area contributed by atoms with Gasteiger partial charge in [-0.25, -0.2) is 4.79 Å². The summed E-state index contributed by atoms with van der Waals surface area (Å²) in [4.78, 5) is 12.5. The lowest BCUT2D eigenvalue weighted by atomic mass is 10.1. The summed E-state index contributed by atoms with van der Waals surface area (Å²) in [5.74, 6) is 0.159. The van der Waals surface area contributed by atoms with Gasteiger partial charge in [-0.2, -0.15) is 5.26 Å². The highest BCUT2D eigenvalue weighted by molar-refractivity contribution is 5.95. The third-order valence-electron chi connectivity index (χ3n) is 3.86. The molecule has 0 fully saturated rings. The SMILES string of the molecule is COc1cccc(OC)c1C(=O)OCc1cn2ccccc2c1C#N. The zero-order valence-corrected chi connectivity index (χ0v) is 13.9. The van der Waals surface area contributed by atoms with Crippen LogP contribution in [0.2, 0.25) is 0 Å². The number of nitrogens with zero attached hydrogens (tertiary/aromatic N) is 2. The molecule has 0 aliphatic heterocycles. The van der Waals surface area contributed by atoms with Crippen LogP contribution >= 0.6 is 0 Å². The number of methoxy groups -OCH3 is 2. The monoisotopic (exact) mass is 336 g/mol. The number of fused-ring (bicyclic) bond motifs is 1. The fourth-order valence-corrected chi connectivity index (χ4v) is 2.68. The Balaban J connectivity index is 1.88. The van der Waals surface area contributed by atoms with E-state index < -0.39 is 5.97 Å². The quantitative estimate of drug-likeness (QED) is 0.669. The van der Waals surface area contributed by atoms with Gasteiger partial charge >= 0.3 is 5.97 Å². The molecule has 2 heterocycles. The number of rotatable bonds is 5. The van der Waals surface area contributed by atoms with E-state index >= 15 is 0 Å². The van der Waals surface area contributed by atoms with Crippen LogP contribution in [0.25, 0.3) is 5.52 Å². The fraction of sp³-hybridized carbons (Fsp3) is 0.158. The van der Waals surface area contributed by atoms with Crippen molar-refractivity contribution in [1.29, 1.82) is 5.26 Å². The van der Waals surface area contributed by atoms with Crippen molar-refractivity contribution in [3.05, 3.63) is 65.5 Å². The molecule has 6 heteroatoms. The summed E-state index contributed by atoms with van der Waals surface area (Å²) < 4.78 is 17.7. The average molecular weight is 336 g/mol. The molecule has 0 spiro atoms. The fourth-order valence-electron chi connectivity index (χ4n) is 2.68. The highest BCUT2D eigenvalue weighted by Crippen LogP contribution is 2.29. The molecule has 1 aromatic carbocycles. The standard InChI is InChI=1S/C19H16N2O4/c1-23-16-7-5-8-17(24-2)18(16)19(22)25-12-13-11-21-9-4-3-6-15(21)14(13)10-20/h3-9,11H,12H2,1-2H3. The summed E-state index contributed by atoms with van der Waals surface area (Å²) in [5, 5.41) is 9.41. The molecule has 0 amide bonds. The normalized spacial score (nSPS) is 10.3. The van der Waals surface area contributed by atoms with E-state index in [0.717, 1.165) is 5.52 Å². The molecule has 25 heavy (non-hydrogen) atoms. The van der Waals surface area contributed by atoms with Crippen molar-refractivity contribution in [2.24, 2.45) is 0 Å². The van der Waals surface area contributed by atoms with E-state index in [9.17, 15) is 10.1 Å². The second-order valence-corrected chi connectivity index (χ2v) is 5.25. The van der Waals surface area contributed by atoms with Crippen molar-refractivity contribution in [3.63, 3.8) is 0 Å². The van der Waals surface area contributed by atoms with E-state index in [4.69, 9.17) is 14.2 Å². The van der Waals surface area contributed by atoms with Crippen LogP contribution in [0, 0.1) is 11.3 Å². The van der Waals surface area contributed by atoms with Crippen LogP contribution in [0.4, 0.5) is 0 Å². The number of hydrogen-bond donors (Lipinski definition) is 0. The predicted molar refractivity (Wildman–Crippen MR) is 90.8 cm³/mol. The van der Waals surface area contributed by atoms with Crippen molar-refractivity contribution >= 4 is 11.5 Å².